The van der Waals surface area contributed by atoms with Crippen LogP contribution in [-0.2, 0) is 4.79 Å². The summed E-state index contributed by atoms with van der Waals surface area (Å²) < 4.78 is 0. The van der Waals surface area contributed by atoms with Crippen LogP contribution in [0.15, 0.2) is 0 Å². The molecule has 0 fully saturated rings. The second-order valence-electron chi connectivity index (χ2n) is 2.00. The number of nitrogens with two attached hydrogens (primary N) is 1. The van der Waals surface area contributed by atoms with Gasteiger partial charge in [0.2, 0.25) is 5.91 Å². The molecule has 0 bridgehead atoms. The maximum absolute atomic E-state index is 10.6. The summed E-state index contributed by atoms with van der Waals surface area (Å²) in [5, 5.41) is 8.45. The Morgan fingerprint density at radius 1 is 1.91 bits per heavy atom. The largest absolute Gasteiger partial charge is 0.393 e. The first-order chi connectivity index (χ1) is 5.20. The van der Waals surface area contributed by atoms with E-state index in [2.05, 4.69) is 5.43 Å². The summed E-state index contributed by atoms with van der Waals surface area (Å²) >= 11 is 0. The molecule has 0 aromatic rings. The molecular weight excluding hydrogens is 164 g/mol. The fourth-order valence-electron chi connectivity index (χ4n) is 0.516. The van der Waals surface area contributed by atoms with Crippen LogP contribution in [0.2, 0.25) is 0 Å². The van der Waals surface area contributed by atoms with Crippen LogP contribution in [-0.4, -0.2) is 43.0 Å². The third-order valence-corrected chi connectivity index (χ3v) is 1.88. The molecule has 0 aliphatic carbocycles. The molecule has 1 amide bonds. The Balaban J connectivity index is 3.35. The molecule has 11 heavy (non-hydrogen) atoms. The molecule has 7 heteroatoms. The van der Waals surface area contributed by atoms with Crippen LogP contribution in [0, 0.1) is 0 Å². The Morgan fingerprint density at radius 2 is 2.55 bits per heavy atom. The van der Waals surface area contributed by atoms with Crippen molar-refractivity contribution < 1.29 is 9.90 Å². The van der Waals surface area contributed by atoms with Gasteiger partial charge in [-0.05, 0) is 7.05 Å². The maximum atomic E-state index is 10.6. The van der Waals surface area contributed by atoms with Gasteiger partial charge in [-0.25, -0.2) is 0 Å². The standard InChI is InChI=1S/C4H13BN3O2P/c1-8(5-11-3-9)7-4(10)2-6/h5,9,11H,2-3,6H2,1H3,(H,7,10). The molecule has 0 aromatic heterocycles. The highest BCUT2D eigenvalue weighted by atomic mass is 31.1. The molecule has 0 radical (unpaired) electrons. The minimum Gasteiger partial charge on any atom is -0.393 e. The number of aliphatic hydroxyl groups excluding tert-OH is 1. The Hall–Kier alpha value is -0.155. The fraction of sp³-hybridized carbons (Fsp3) is 0.750. The van der Waals surface area contributed by atoms with E-state index in [-0.39, 0.29) is 18.8 Å². The van der Waals surface area contributed by atoms with Gasteiger partial charge in [-0.3, -0.25) is 15.1 Å². The second-order valence-corrected chi connectivity index (χ2v) is 3.14. The molecule has 1 unspecified atom stereocenters. The van der Waals surface area contributed by atoms with E-state index in [1.165, 1.54) is 0 Å². The average Bonchev–Trinajstić information content (AvgIpc) is 2.00. The topological polar surface area (TPSA) is 78.6 Å². The van der Waals surface area contributed by atoms with Crippen LogP contribution in [0.4, 0.5) is 0 Å². The Bertz CT molecular complexity index is 126. The highest BCUT2D eigenvalue weighted by Crippen LogP contribution is 2.02. The van der Waals surface area contributed by atoms with Gasteiger partial charge in [0, 0.05) is 0 Å². The first-order valence-corrected chi connectivity index (χ1v) is 4.64. The van der Waals surface area contributed by atoms with Gasteiger partial charge < -0.3 is 10.8 Å². The SMILES string of the molecule is CN(BPCO)NC(=O)CN. The smallest absolute Gasteiger partial charge is 0.257 e. The number of rotatable bonds is 5. The number of hydrogen-bond donors (Lipinski definition) is 3. The van der Waals surface area contributed by atoms with E-state index in [1.807, 2.05) is 0 Å². The zero-order valence-corrected chi connectivity index (χ0v) is 7.50. The van der Waals surface area contributed by atoms with Crippen molar-refractivity contribution in [3.05, 3.63) is 0 Å². The lowest BCUT2D eigenvalue weighted by atomic mass is 10.4. The molecule has 0 heterocycles. The lowest BCUT2D eigenvalue weighted by Crippen LogP contribution is -2.43. The van der Waals surface area contributed by atoms with Crippen molar-refractivity contribution in [2.24, 2.45) is 5.73 Å². The number of amides is 1. The summed E-state index contributed by atoms with van der Waals surface area (Å²) in [6.07, 6.45) is 0.156. The lowest BCUT2D eigenvalue weighted by Gasteiger charge is -2.15. The lowest BCUT2D eigenvalue weighted by molar-refractivity contribution is -0.122. The molecule has 4 N–H and O–H groups in total. The van der Waals surface area contributed by atoms with Crippen LogP contribution in [0.1, 0.15) is 0 Å². The van der Waals surface area contributed by atoms with Gasteiger partial charge in [0.25, 0.3) is 7.13 Å². The highest BCUT2D eigenvalue weighted by Gasteiger charge is 2.02. The summed E-state index contributed by atoms with van der Waals surface area (Å²) in [5.41, 5.74) is 7.59. The van der Waals surface area contributed by atoms with Gasteiger partial charge in [0.1, 0.15) is 0 Å². The van der Waals surface area contributed by atoms with E-state index < -0.39 is 0 Å². The minimum atomic E-state index is -0.213. The van der Waals surface area contributed by atoms with Gasteiger partial charge in [-0.1, -0.05) is 0 Å². The predicted molar refractivity (Wildman–Crippen MR) is 47.5 cm³/mol. The summed E-state index contributed by atoms with van der Waals surface area (Å²) in [6, 6.07) is 0. The molecule has 0 aliphatic heterocycles. The summed E-state index contributed by atoms with van der Waals surface area (Å²) in [4.78, 5) is 12.3. The van der Waals surface area contributed by atoms with E-state index in [0.29, 0.717) is 15.6 Å². The van der Waals surface area contributed by atoms with E-state index in [4.69, 9.17) is 10.8 Å². The number of hydrazine groups is 1. The van der Waals surface area contributed by atoms with Crippen molar-refractivity contribution in [2.75, 3.05) is 19.9 Å². The number of nitrogens with zero attached hydrogens (tertiary/aromatic N) is 1. The quantitative estimate of drug-likeness (QED) is 0.253. The van der Waals surface area contributed by atoms with Crippen LogP contribution >= 0.6 is 8.46 Å². The number of nitrogens with one attached hydrogen (secondary N) is 1. The van der Waals surface area contributed by atoms with Crippen molar-refractivity contribution in [3.8, 4) is 0 Å². The normalized spacial score (nSPS) is 10.9. The molecule has 5 nitrogen and oxygen atoms in total. The van der Waals surface area contributed by atoms with E-state index >= 15 is 0 Å². The van der Waals surface area contributed by atoms with E-state index in [0.717, 1.165) is 0 Å². The van der Waals surface area contributed by atoms with Gasteiger partial charge in [0.05, 0.1) is 12.9 Å². The summed E-state index contributed by atoms with van der Waals surface area (Å²) in [6.45, 7) is -0.00736. The first kappa shape index (κ1) is 10.8. The number of hydrogen-bond acceptors (Lipinski definition) is 4. The summed E-state index contributed by atoms with van der Waals surface area (Å²) in [5.74, 6) is -0.213. The van der Waals surface area contributed by atoms with Crippen molar-refractivity contribution in [3.63, 3.8) is 0 Å². The third kappa shape index (κ3) is 6.25. The Kier molecular flexibility index (Phi) is 6.46. The van der Waals surface area contributed by atoms with Crippen molar-refractivity contribution >= 4 is 21.5 Å². The maximum Gasteiger partial charge on any atom is 0.257 e. The van der Waals surface area contributed by atoms with Crippen LogP contribution in [0.3, 0.4) is 0 Å². The molecule has 1 atom stereocenters. The van der Waals surface area contributed by atoms with E-state index in [9.17, 15) is 4.79 Å². The zero-order chi connectivity index (χ0) is 8.69. The van der Waals surface area contributed by atoms with Crippen LogP contribution in [0.5, 0.6) is 0 Å². The van der Waals surface area contributed by atoms with Gasteiger partial charge in [-0.15, -0.1) is 8.46 Å². The number of aliphatic hydroxyl groups is 1. The molecule has 0 rings (SSSR count). The molecule has 0 aliphatic rings. The van der Waals surface area contributed by atoms with E-state index in [1.54, 1.807) is 12.0 Å². The van der Waals surface area contributed by atoms with Gasteiger partial charge in [-0.2, -0.15) is 0 Å². The first-order valence-electron chi connectivity index (χ1n) is 3.23. The zero-order valence-electron chi connectivity index (χ0n) is 6.50. The van der Waals surface area contributed by atoms with Crippen LogP contribution < -0.4 is 11.2 Å². The van der Waals surface area contributed by atoms with Gasteiger partial charge >= 0.3 is 0 Å². The minimum absolute atomic E-state index is 0.00736. The third-order valence-electron chi connectivity index (χ3n) is 0.962. The van der Waals surface area contributed by atoms with Crippen molar-refractivity contribution in [2.45, 2.75) is 0 Å². The molecule has 0 saturated heterocycles. The Morgan fingerprint density at radius 3 is 3.00 bits per heavy atom. The fourth-order valence-corrected chi connectivity index (χ4v) is 1.03. The molecule has 0 spiro atoms. The number of carbonyl (C=O) groups is 1. The molecule has 0 saturated carbocycles. The van der Waals surface area contributed by atoms with Crippen LogP contribution in [0.25, 0.3) is 0 Å². The average molecular weight is 177 g/mol. The Labute approximate surface area is 68.3 Å². The predicted octanol–water partition coefficient (Wildman–Crippen LogP) is -2.20. The van der Waals surface area contributed by atoms with Crippen molar-refractivity contribution in [1.82, 2.24) is 10.3 Å². The van der Waals surface area contributed by atoms with Crippen molar-refractivity contribution in [1.29, 1.82) is 0 Å². The number of carbonyl (C=O) groups excluding carboxylic acids is 1. The highest BCUT2D eigenvalue weighted by molar-refractivity contribution is 7.70. The second kappa shape index (κ2) is 6.55. The monoisotopic (exact) mass is 177 g/mol. The molecule has 64 valence electrons. The molecular formula is C4H13BN3O2P. The molecule has 0 aromatic carbocycles. The summed E-state index contributed by atoms with van der Waals surface area (Å²) in [7, 11) is 2.81. The van der Waals surface area contributed by atoms with Gasteiger partial charge in [0.15, 0.2) is 0 Å².